The summed E-state index contributed by atoms with van der Waals surface area (Å²) >= 11 is 0. The molecule has 1 amide bonds. The third-order valence-electron chi connectivity index (χ3n) is 2.47. The quantitative estimate of drug-likeness (QED) is 0.617. The van der Waals surface area contributed by atoms with Crippen molar-refractivity contribution >= 4 is 11.9 Å². The van der Waals surface area contributed by atoms with Crippen LogP contribution in [-0.2, 0) is 14.3 Å². The van der Waals surface area contributed by atoms with Gasteiger partial charge in [-0.3, -0.25) is 15.3 Å². The Morgan fingerprint density at radius 1 is 1.19 bits per heavy atom. The molecular formula is C16H22NO4. The minimum Gasteiger partial charge on any atom is -0.491 e. The van der Waals surface area contributed by atoms with Crippen LogP contribution in [0.15, 0.2) is 24.3 Å². The van der Waals surface area contributed by atoms with E-state index in [1.807, 2.05) is 13.8 Å². The molecular weight excluding hydrogens is 270 g/mol. The van der Waals surface area contributed by atoms with Gasteiger partial charge in [-0.25, -0.2) is 0 Å². The van der Waals surface area contributed by atoms with Gasteiger partial charge in [0.15, 0.2) is 5.92 Å². The lowest BCUT2D eigenvalue weighted by Crippen LogP contribution is -2.31. The molecule has 21 heavy (non-hydrogen) atoms. The van der Waals surface area contributed by atoms with Crippen molar-refractivity contribution in [2.45, 2.75) is 52.2 Å². The SMILES string of the molecule is CC(C)Oc1cccc(C(C([NH])=O)C(=O)OC(C)(C)C)c1. The van der Waals surface area contributed by atoms with E-state index in [0.29, 0.717) is 11.3 Å². The van der Waals surface area contributed by atoms with Crippen molar-refractivity contribution < 1.29 is 19.1 Å². The van der Waals surface area contributed by atoms with Gasteiger partial charge in [0.05, 0.1) is 6.10 Å². The molecule has 1 aromatic carbocycles. The molecule has 1 N–H and O–H groups in total. The van der Waals surface area contributed by atoms with Crippen LogP contribution >= 0.6 is 0 Å². The van der Waals surface area contributed by atoms with Crippen LogP contribution < -0.4 is 10.5 Å². The summed E-state index contributed by atoms with van der Waals surface area (Å²) in [6.07, 6.45) is -0.0214. The van der Waals surface area contributed by atoms with Crippen LogP contribution in [0.1, 0.15) is 46.1 Å². The van der Waals surface area contributed by atoms with Gasteiger partial charge in [-0.2, -0.15) is 0 Å². The highest BCUT2D eigenvalue weighted by Gasteiger charge is 2.32. The first-order valence-electron chi connectivity index (χ1n) is 6.85. The number of benzene rings is 1. The van der Waals surface area contributed by atoms with Crippen molar-refractivity contribution in [1.29, 1.82) is 0 Å². The predicted molar refractivity (Wildman–Crippen MR) is 78.9 cm³/mol. The second-order valence-corrected chi connectivity index (χ2v) is 6.07. The summed E-state index contributed by atoms with van der Waals surface area (Å²) in [6, 6.07) is 6.65. The fourth-order valence-electron chi connectivity index (χ4n) is 1.79. The normalized spacial score (nSPS) is 12.9. The maximum absolute atomic E-state index is 12.1. The van der Waals surface area contributed by atoms with E-state index in [1.54, 1.807) is 45.0 Å². The number of carbonyl (C=O) groups is 2. The highest BCUT2D eigenvalue weighted by Crippen LogP contribution is 2.25. The monoisotopic (exact) mass is 292 g/mol. The van der Waals surface area contributed by atoms with Crippen LogP contribution in [0, 0.1) is 0 Å². The molecule has 0 spiro atoms. The highest BCUT2D eigenvalue weighted by molar-refractivity contribution is 6.02. The van der Waals surface area contributed by atoms with E-state index in [-0.39, 0.29) is 6.10 Å². The molecule has 1 atom stereocenters. The van der Waals surface area contributed by atoms with E-state index in [0.717, 1.165) is 0 Å². The Balaban J connectivity index is 3.06. The number of rotatable bonds is 5. The van der Waals surface area contributed by atoms with Gasteiger partial charge in [0, 0.05) is 0 Å². The number of carbonyl (C=O) groups excluding carboxylic acids is 2. The van der Waals surface area contributed by atoms with Gasteiger partial charge in [-0.15, -0.1) is 0 Å². The van der Waals surface area contributed by atoms with E-state index in [1.165, 1.54) is 0 Å². The minimum absolute atomic E-state index is 0.0214. The maximum Gasteiger partial charge on any atom is 0.323 e. The van der Waals surface area contributed by atoms with Gasteiger partial charge in [-0.1, -0.05) is 12.1 Å². The molecule has 0 saturated carbocycles. The molecule has 0 aromatic heterocycles. The third kappa shape index (κ3) is 5.45. The van der Waals surface area contributed by atoms with Crippen molar-refractivity contribution in [1.82, 2.24) is 5.73 Å². The number of hydrogen-bond donors (Lipinski definition) is 0. The molecule has 1 aromatic rings. The van der Waals surface area contributed by atoms with E-state index < -0.39 is 23.4 Å². The Labute approximate surface area is 125 Å². The average molecular weight is 292 g/mol. The summed E-state index contributed by atoms with van der Waals surface area (Å²) < 4.78 is 10.8. The fraction of sp³-hybridized carbons (Fsp3) is 0.500. The van der Waals surface area contributed by atoms with Crippen molar-refractivity contribution in [2.24, 2.45) is 0 Å². The summed E-state index contributed by atoms with van der Waals surface area (Å²) in [5.74, 6) is -2.41. The van der Waals surface area contributed by atoms with Gasteiger partial charge < -0.3 is 9.47 Å². The Kier molecular flexibility index (Phi) is 5.35. The van der Waals surface area contributed by atoms with Gasteiger partial charge in [0.25, 0.3) is 5.91 Å². The second kappa shape index (κ2) is 6.61. The first kappa shape index (κ1) is 17.0. The lowest BCUT2D eigenvalue weighted by molar-refractivity contribution is -0.158. The molecule has 1 radical (unpaired) electrons. The number of amides is 1. The zero-order valence-electron chi connectivity index (χ0n) is 13.1. The van der Waals surface area contributed by atoms with E-state index in [9.17, 15) is 9.59 Å². The van der Waals surface area contributed by atoms with Crippen LogP contribution in [0.5, 0.6) is 5.75 Å². The first-order chi connectivity index (χ1) is 9.60. The predicted octanol–water partition coefficient (Wildman–Crippen LogP) is 2.71. The number of esters is 1. The van der Waals surface area contributed by atoms with Crippen LogP contribution in [0.4, 0.5) is 0 Å². The molecule has 115 valence electrons. The van der Waals surface area contributed by atoms with Crippen LogP contribution in [0.2, 0.25) is 0 Å². The highest BCUT2D eigenvalue weighted by atomic mass is 16.6. The molecule has 5 heteroatoms. The summed E-state index contributed by atoms with van der Waals surface area (Å²) in [6.45, 7) is 8.92. The zero-order chi connectivity index (χ0) is 16.2. The Morgan fingerprint density at radius 3 is 2.29 bits per heavy atom. The van der Waals surface area contributed by atoms with Gasteiger partial charge in [0.1, 0.15) is 11.4 Å². The fourth-order valence-corrected chi connectivity index (χ4v) is 1.79. The standard InChI is InChI=1S/C16H22NO4/c1-10(2)20-12-8-6-7-11(9-12)13(14(17)18)15(19)21-16(3,4)5/h6-10,13,17H,1-5H3. The Morgan fingerprint density at radius 2 is 1.81 bits per heavy atom. The molecule has 0 fully saturated rings. The second-order valence-electron chi connectivity index (χ2n) is 6.07. The molecule has 5 nitrogen and oxygen atoms in total. The van der Waals surface area contributed by atoms with Gasteiger partial charge in [0.2, 0.25) is 0 Å². The van der Waals surface area contributed by atoms with E-state index in [2.05, 4.69) is 0 Å². The summed E-state index contributed by atoms with van der Waals surface area (Å²) in [4.78, 5) is 23.7. The molecule has 0 heterocycles. The molecule has 0 bridgehead atoms. The third-order valence-corrected chi connectivity index (χ3v) is 2.47. The van der Waals surface area contributed by atoms with E-state index >= 15 is 0 Å². The molecule has 0 aliphatic rings. The zero-order valence-corrected chi connectivity index (χ0v) is 13.1. The largest absolute Gasteiger partial charge is 0.491 e. The van der Waals surface area contributed by atoms with Gasteiger partial charge >= 0.3 is 5.97 Å². The summed E-state index contributed by atoms with van der Waals surface area (Å²) in [5.41, 5.74) is 7.04. The van der Waals surface area contributed by atoms with Crippen molar-refractivity contribution in [2.75, 3.05) is 0 Å². The topological polar surface area (TPSA) is 76.4 Å². The van der Waals surface area contributed by atoms with Crippen molar-refractivity contribution in [3.05, 3.63) is 29.8 Å². The molecule has 1 rings (SSSR count). The molecule has 1 unspecified atom stereocenters. The lowest BCUT2D eigenvalue weighted by Gasteiger charge is -2.23. The summed E-state index contributed by atoms with van der Waals surface area (Å²) in [5, 5.41) is 0. The molecule has 0 saturated heterocycles. The number of nitrogens with one attached hydrogen (secondary N) is 1. The maximum atomic E-state index is 12.1. The van der Waals surface area contributed by atoms with E-state index in [4.69, 9.17) is 15.2 Å². The van der Waals surface area contributed by atoms with Crippen LogP contribution in [0.3, 0.4) is 0 Å². The summed E-state index contributed by atoms with van der Waals surface area (Å²) in [7, 11) is 0. The smallest absolute Gasteiger partial charge is 0.323 e. The average Bonchev–Trinajstić information content (AvgIpc) is 2.25. The van der Waals surface area contributed by atoms with Crippen LogP contribution in [-0.4, -0.2) is 23.6 Å². The minimum atomic E-state index is -1.25. The number of hydrogen-bond acceptors (Lipinski definition) is 4. The van der Waals surface area contributed by atoms with Gasteiger partial charge in [-0.05, 0) is 52.3 Å². The van der Waals surface area contributed by atoms with Crippen molar-refractivity contribution in [3.8, 4) is 5.75 Å². The molecule has 0 aliphatic carbocycles. The first-order valence-corrected chi connectivity index (χ1v) is 6.85. The number of ether oxygens (including phenoxy) is 2. The Hall–Kier alpha value is -2.04. The molecule has 0 aliphatic heterocycles. The Bertz CT molecular complexity index is 517. The lowest BCUT2D eigenvalue weighted by atomic mass is 9.98. The van der Waals surface area contributed by atoms with Crippen molar-refractivity contribution in [3.63, 3.8) is 0 Å². The van der Waals surface area contributed by atoms with Crippen LogP contribution in [0.25, 0.3) is 0 Å².